The maximum Gasteiger partial charge on any atom is 0.263 e. The Bertz CT molecular complexity index is 1080. The summed E-state index contributed by atoms with van der Waals surface area (Å²) in [5.74, 6) is 0.837. The van der Waals surface area contributed by atoms with Gasteiger partial charge in [-0.25, -0.2) is 13.4 Å². The van der Waals surface area contributed by atoms with Crippen molar-refractivity contribution in [2.24, 2.45) is 0 Å². The van der Waals surface area contributed by atoms with Crippen LogP contribution in [0.2, 0.25) is 0 Å². The monoisotopic (exact) mass is 384 g/mol. The van der Waals surface area contributed by atoms with Crippen LogP contribution in [0.15, 0.2) is 64.2 Å². The Kier molecular flexibility index (Phi) is 4.28. The van der Waals surface area contributed by atoms with Crippen molar-refractivity contribution in [3.8, 4) is 0 Å². The third kappa shape index (κ3) is 3.77. The molecular weight excluding hydrogens is 368 g/mol. The fourth-order valence-corrected chi connectivity index (χ4v) is 3.79. The van der Waals surface area contributed by atoms with Gasteiger partial charge in [0.05, 0.1) is 36.0 Å². The maximum atomic E-state index is 12.6. The van der Waals surface area contributed by atoms with Crippen LogP contribution in [0.3, 0.4) is 0 Å². The van der Waals surface area contributed by atoms with E-state index in [1.807, 2.05) is 6.07 Å². The third-order valence-corrected chi connectivity index (χ3v) is 5.41. The molecule has 138 valence electrons. The molecule has 4 rings (SSSR count). The van der Waals surface area contributed by atoms with E-state index >= 15 is 0 Å². The van der Waals surface area contributed by atoms with E-state index in [1.165, 1.54) is 18.3 Å². The first kappa shape index (κ1) is 17.1. The number of sulfonamides is 1. The molecule has 1 aliphatic heterocycles. The van der Waals surface area contributed by atoms with Crippen molar-refractivity contribution < 1.29 is 17.6 Å². The van der Waals surface area contributed by atoms with E-state index in [0.717, 1.165) is 11.4 Å². The molecule has 0 saturated carbocycles. The van der Waals surface area contributed by atoms with Crippen LogP contribution in [-0.4, -0.2) is 19.3 Å². The van der Waals surface area contributed by atoms with Gasteiger partial charge in [-0.05, 0) is 48.0 Å². The zero-order valence-electron chi connectivity index (χ0n) is 14.1. The first-order valence-corrected chi connectivity index (χ1v) is 9.66. The highest BCUT2D eigenvalue weighted by atomic mass is 32.2. The third-order valence-electron chi connectivity index (χ3n) is 4.06. The highest BCUT2D eigenvalue weighted by molar-refractivity contribution is 7.92. The summed E-state index contributed by atoms with van der Waals surface area (Å²) in [6.45, 7) is 0.502. The van der Waals surface area contributed by atoms with Crippen molar-refractivity contribution in [1.82, 2.24) is 4.98 Å². The largest absolute Gasteiger partial charge is 0.467 e. The minimum absolute atomic E-state index is 0.0829. The van der Waals surface area contributed by atoms with Crippen LogP contribution in [0, 0.1) is 0 Å². The number of rotatable bonds is 6. The van der Waals surface area contributed by atoms with Crippen LogP contribution in [0.1, 0.15) is 11.3 Å². The molecule has 1 amide bonds. The fourth-order valence-electron chi connectivity index (χ4n) is 2.73. The number of fused-ring (bicyclic) bond motifs is 1. The minimum Gasteiger partial charge on any atom is -0.467 e. The number of amides is 1. The van der Waals surface area contributed by atoms with Gasteiger partial charge in [-0.3, -0.25) is 9.52 Å². The van der Waals surface area contributed by atoms with Gasteiger partial charge in [0, 0.05) is 5.69 Å². The lowest BCUT2D eigenvalue weighted by Gasteiger charge is -2.10. The summed E-state index contributed by atoms with van der Waals surface area (Å²) < 4.78 is 32.8. The van der Waals surface area contributed by atoms with Crippen molar-refractivity contribution in [3.05, 3.63) is 66.2 Å². The Morgan fingerprint density at radius 1 is 1.19 bits per heavy atom. The standard InChI is InChI=1S/C18H16N4O4S/c23-18-9-12-8-15(4-5-16(12)21-18)27(24,25)22-17-6-3-13(10-20-17)19-11-14-2-1-7-26-14/h1-8,10,19H,9,11H2,(H,20,22)(H,21,23). The van der Waals surface area contributed by atoms with E-state index in [9.17, 15) is 13.2 Å². The second kappa shape index (κ2) is 6.76. The van der Waals surface area contributed by atoms with Gasteiger partial charge in [-0.15, -0.1) is 0 Å². The first-order valence-electron chi connectivity index (χ1n) is 8.17. The van der Waals surface area contributed by atoms with Crippen LogP contribution in [0.5, 0.6) is 0 Å². The number of nitrogens with one attached hydrogen (secondary N) is 3. The summed E-state index contributed by atoms with van der Waals surface area (Å²) in [6, 6.07) is 11.5. The minimum atomic E-state index is -3.80. The number of anilines is 3. The van der Waals surface area contributed by atoms with Crippen molar-refractivity contribution in [3.63, 3.8) is 0 Å². The Hall–Kier alpha value is -3.33. The van der Waals surface area contributed by atoms with Gasteiger partial charge < -0.3 is 15.1 Å². The molecule has 2 aromatic heterocycles. The van der Waals surface area contributed by atoms with E-state index in [2.05, 4.69) is 20.3 Å². The molecule has 0 atom stereocenters. The smallest absolute Gasteiger partial charge is 0.263 e. The Morgan fingerprint density at radius 2 is 2.07 bits per heavy atom. The molecule has 0 unspecified atom stereocenters. The topological polar surface area (TPSA) is 113 Å². The lowest BCUT2D eigenvalue weighted by molar-refractivity contribution is -0.115. The van der Waals surface area contributed by atoms with E-state index < -0.39 is 10.0 Å². The molecule has 9 heteroatoms. The van der Waals surface area contributed by atoms with Gasteiger partial charge in [0.25, 0.3) is 10.0 Å². The van der Waals surface area contributed by atoms with E-state index in [0.29, 0.717) is 17.8 Å². The number of hydrogen-bond acceptors (Lipinski definition) is 6. The highest BCUT2D eigenvalue weighted by Gasteiger charge is 2.22. The van der Waals surface area contributed by atoms with E-state index in [1.54, 1.807) is 30.5 Å². The summed E-state index contributed by atoms with van der Waals surface area (Å²) in [5.41, 5.74) is 2.04. The van der Waals surface area contributed by atoms with Gasteiger partial charge in [-0.1, -0.05) is 0 Å². The second-order valence-electron chi connectivity index (χ2n) is 6.01. The van der Waals surface area contributed by atoms with E-state index in [-0.39, 0.29) is 23.0 Å². The molecule has 27 heavy (non-hydrogen) atoms. The zero-order valence-corrected chi connectivity index (χ0v) is 14.9. The number of carbonyl (C=O) groups excluding carboxylic acids is 1. The van der Waals surface area contributed by atoms with Crippen LogP contribution < -0.4 is 15.4 Å². The molecule has 3 aromatic rings. The van der Waals surface area contributed by atoms with Gasteiger partial charge in [0.15, 0.2) is 0 Å². The second-order valence-corrected chi connectivity index (χ2v) is 7.70. The SMILES string of the molecule is O=C1Cc2cc(S(=O)(=O)Nc3ccc(NCc4ccco4)cn3)ccc2N1. The maximum absolute atomic E-state index is 12.6. The Balaban J connectivity index is 1.45. The predicted molar refractivity (Wildman–Crippen MR) is 99.9 cm³/mol. The number of benzene rings is 1. The molecular formula is C18H16N4O4S. The molecule has 0 saturated heterocycles. The summed E-state index contributed by atoms with van der Waals surface area (Å²) in [4.78, 5) is 15.6. The number of nitrogens with zero attached hydrogens (tertiary/aromatic N) is 1. The van der Waals surface area contributed by atoms with Crippen LogP contribution in [-0.2, 0) is 27.8 Å². The summed E-state index contributed by atoms with van der Waals surface area (Å²) >= 11 is 0. The molecule has 0 fully saturated rings. The number of pyridine rings is 1. The molecule has 0 spiro atoms. The van der Waals surface area contributed by atoms with Crippen molar-refractivity contribution in [1.29, 1.82) is 0 Å². The number of furan rings is 1. The first-order chi connectivity index (χ1) is 13.0. The van der Waals surface area contributed by atoms with E-state index in [4.69, 9.17) is 4.42 Å². The Morgan fingerprint density at radius 3 is 2.81 bits per heavy atom. The van der Waals surface area contributed by atoms with Crippen molar-refractivity contribution >= 4 is 33.1 Å². The van der Waals surface area contributed by atoms with Gasteiger partial charge in [0.1, 0.15) is 11.6 Å². The number of aromatic nitrogens is 1. The molecule has 1 aliphatic rings. The van der Waals surface area contributed by atoms with Crippen LogP contribution in [0.25, 0.3) is 0 Å². The average Bonchev–Trinajstić information content (AvgIpc) is 3.28. The molecule has 3 heterocycles. The zero-order chi connectivity index (χ0) is 18.9. The highest BCUT2D eigenvalue weighted by Crippen LogP contribution is 2.26. The average molecular weight is 384 g/mol. The molecule has 0 aliphatic carbocycles. The fraction of sp³-hybridized carbons (Fsp3) is 0.111. The summed E-state index contributed by atoms with van der Waals surface area (Å²) in [5, 5.41) is 5.80. The predicted octanol–water partition coefficient (Wildman–Crippen LogP) is 2.58. The lowest BCUT2D eigenvalue weighted by Crippen LogP contribution is -2.14. The molecule has 1 aromatic carbocycles. The van der Waals surface area contributed by atoms with Gasteiger partial charge in [0.2, 0.25) is 5.91 Å². The van der Waals surface area contributed by atoms with Crippen molar-refractivity contribution in [2.75, 3.05) is 15.4 Å². The lowest BCUT2D eigenvalue weighted by atomic mass is 10.2. The Labute approximate surface area is 155 Å². The molecule has 0 radical (unpaired) electrons. The van der Waals surface area contributed by atoms with Gasteiger partial charge in [-0.2, -0.15) is 0 Å². The number of carbonyl (C=O) groups is 1. The van der Waals surface area contributed by atoms with Crippen molar-refractivity contribution in [2.45, 2.75) is 17.9 Å². The van der Waals surface area contributed by atoms with Crippen LogP contribution >= 0.6 is 0 Å². The van der Waals surface area contributed by atoms with Gasteiger partial charge >= 0.3 is 0 Å². The molecule has 3 N–H and O–H groups in total. The molecule has 8 nitrogen and oxygen atoms in total. The summed E-state index contributed by atoms with van der Waals surface area (Å²) in [7, 11) is -3.80. The number of hydrogen-bond donors (Lipinski definition) is 3. The normalized spacial score (nSPS) is 13.1. The molecule has 0 bridgehead atoms. The van der Waals surface area contributed by atoms with Crippen LogP contribution in [0.4, 0.5) is 17.2 Å². The summed E-state index contributed by atoms with van der Waals surface area (Å²) in [6.07, 6.45) is 3.30. The quantitative estimate of drug-likeness (QED) is 0.602.